The van der Waals surface area contributed by atoms with Crippen molar-refractivity contribution in [1.29, 1.82) is 0 Å². The van der Waals surface area contributed by atoms with Crippen molar-refractivity contribution < 1.29 is 9.21 Å². The minimum absolute atomic E-state index is 0.0739. The molecule has 1 atom stereocenters. The number of carbonyl (C=O) groups is 1. The minimum atomic E-state index is -0.232. The molecule has 1 aliphatic rings. The Morgan fingerprint density at radius 3 is 2.77 bits per heavy atom. The van der Waals surface area contributed by atoms with E-state index in [4.69, 9.17) is 4.42 Å². The number of hydrogen-bond acceptors (Lipinski definition) is 5. The number of furan rings is 1. The first-order valence-electron chi connectivity index (χ1n) is 9.31. The third-order valence-corrected chi connectivity index (χ3v) is 6.07. The van der Waals surface area contributed by atoms with Crippen LogP contribution in [0, 0.1) is 0 Å². The Hall–Kier alpha value is -2.08. The molecule has 1 amide bonds. The molecule has 0 aliphatic heterocycles. The Morgan fingerprint density at radius 2 is 1.96 bits per heavy atom. The maximum Gasteiger partial charge on any atom is 0.233 e. The molecular weight excluding hydrogens is 346 g/mol. The first kappa shape index (κ1) is 17.3. The number of nitrogens with one attached hydrogen (secondary N) is 1. The zero-order chi connectivity index (χ0) is 17.9. The number of thioether (sulfide) groups is 1. The molecule has 0 bridgehead atoms. The Balaban J connectivity index is 1.51. The standard InChI is InChI=1S/C20H23N3O2S/c1-13(19(24)23-14-8-4-2-3-5-9-14)26-20-18-17(21-12-22-20)15-10-6-7-11-16(15)25-18/h6-7,10-14H,2-5,8-9H2,1H3,(H,23,24)/t13-/m1/s1. The second kappa shape index (κ2) is 7.66. The second-order valence-corrected chi connectivity index (χ2v) is 8.24. The lowest BCUT2D eigenvalue weighted by Gasteiger charge is -2.19. The fraction of sp³-hybridized carbons (Fsp3) is 0.450. The highest BCUT2D eigenvalue weighted by Crippen LogP contribution is 2.34. The summed E-state index contributed by atoms with van der Waals surface area (Å²) in [7, 11) is 0. The summed E-state index contributed by atoms with van der Waals surface area (Å²) in [6.07, 6.45) is 8.69. The number of nitrogens with zero attached hydrogens (tertiary/aromatic N) is 2. The molecule has 0 unspecified atom stereocenters. The summed E-state index contributed by atoms with van der Waals surface area (Å²) >= 11 is 1.43. The zero-order valence-corrected chi connectivity index (χ0v) is 15.7. The van der Waals surface area contributed by atoms with Crippen molar-refractivity contribution in [3.05, 3.63) is 30.6 Å². The van der Waals surface area contributed by atoms with Gasteiger partial charge in [0.25, 0.3) is 0 Å². The van der Waals surface area contributed by atoms with Crippen molar-refractivity contribution in [3.8, 4) is 0 Å². The van der Waals surface area contributed by atoms with E-state index in [0.29, 0.717) is 11.6 Å². The molecule has 2 heterocycles. The van der Waals surface area contributed by atoms with E-state index in [-0.39, 0.29) is 11.2 Å². The van der Waals surface area contributed by atoms with Crippen LogP contribution in [0.3, 0.4) is 0 Å². The summed E-state index contributed by atoms with van der Waals surface area (Å²) in [5.74, 6) is 0.0739. The fourth-order valence-corrected chi connectivity index (χ4v) is 4.41. The summed E-state index contributed by atoms with van der Waals surface area (Å²) < 4.78 is 5.95. The van der Waals surface area contributed by atoms with Gasteiger partial charge in [-0.2, -0.15) is 0 Å². The van der Waals surface area contributed by atoms with Gasteiger partial charge in [0.15, 0.2) is 5.58 Å². The highest BCUT2D eigenvalue weighted by Gasteiger charge is 2.22. The van der Waals surface area contributed by atoms with Gasteiger partial charge in [0.05, 0.1) is 5.25 Å². The predicted octanol–water partition coefficient (Wildman–Crippen LogP) is 4.70. The molecule has 1 saturated carbocycles. The molecule has 5 nitrogen and oxygen atoms in total. The Morgan fingerprint density at radius 1 is 1.19 bits per heavy atom. The summed E-state index contributed by atoms with van der Waals surface area (Å²) in [4.78, 5) is 21.4. The summed E-state index contributed by atoms with van der Waals surface area (Å²) in [5.41, 5.74) is 2.25. The first-order chi connectivity index (χ1) is 12.7. The Labute approximate surface area is 157 Å². The van der Waals surface area contributed by atoms with E-state index < -0.39 is 0 Å². The summed E-state index contributed by atoms with van der Waals surface area (Å²) in [5, 5.41) is 4.68. The predicted molar refractivity (Wildman–Crippen MR) is 104 cm³/mol. The van der Waals surface area contributed by atoms with Crippen LogP contribution >= 0.6 is 11.8 Å². The number of rotatable bonds is 4. The van der Waals surface area contributed by atoms with E-state index in [1.165, 1.54) is 37.4 Å². The van der Waals surface area contributed by atoms with Crippen LogP contribution < -0.4 is 5.32 Å². The molecule has 0 radical (unpaired) electrons. The molecule has 3 aromatic rings. The van der Waals surface area contributed by atoms with Gasteiger partial charge in [0.1, 0.15) is 22.5 Å². The Bertz CT molecular complexity index is 916. The molecular formula is C20H23N3O2S. The second-order valence-electron chi connectivity index (χ2n) is 6.91. The van der Waals surface area contributed by atoms with Crippen LogP contribution in [0.2, 0.25) is 0 Å². The molecule has 2 aromatic heterocycles. The van der Waals surface area contributed by atoms with Crippen molar-refractivity contribution in [1.82, 2.24) is 15.3 Å². The van der Waals surface area contributed by atoms with Crippen molar-refractivity contribution in [2.75, 3.05) is 0 Å². The average molecular weight is 369 g/mol. The number of hydrogen-bond donors (Lipinski definition) is 1. The first-order valence-corrected chi connectivity index (χ1v) is 10.2. The minimum Gasteiger partial charge on any atom is -0.451 e. The van der Waals surface area contributed by atoms with Crippen LogP contribution in [0.4, 0.5) is 0 Å². The molecule has 1 fully saturated rings. The lowest BCUT2D eigenvalue weighted by Crippen LogP contribution is -2.39. The number of amides is 1. The number of para-hydroxylation sites is 1. The highest BCUT2D eigenvalue weighted by atomic mass is 32.2. The largest absolute Gasteiger partial charge is 0.451 e. The van der Waals surface area contributed by atoms with Crippen LogP contribution in [0.5, 0.6) is 0 Å². The number of fused-ring (bicyclic) bond motifs is 3. The highest BCUT2D eigenvalue weighted by molar-refractivity contribution is 8.00. The molecule has 136 valence electrons. The average Bonchev–Trinajstić information content (AvgIpc) is 2.84. The van der Waals surface area contributed by atoms with Gasteiger partial charge in [-0.05, 0) is 31.9 Å². The van der Waals surface area contributed by atoms with Gasteiger partial charge in [0.2, 0.25) is 5.91 Å². The number of aromatic nitrogens is 2. The van der Waals surface area contributed by atoms with E-state index >= 15 is 0 Å². The van der Waals surface area contributed by atoms with Crippen molar-refractivity contribution >= 4 is 39.7 Å². The smallest absolute Gasteiger partial charge is 0.233 e. The van der Waals surface area contributed by atoms with E-state index in [1.54, 1.807) is 6.33 Å². The Kier molecular flexibility index (Phi) is 5.11. The third kappa shape index (κ3) is 3.56. The monoisotopic (exact) mass is 369 g/mol. The van der Waals surface area contributed by atoms with Crippen molar-refractivity contribution in [2.45, 2.75) is 61.8 Å². The van der Waals surface area contributed by atoms with Crippen molar-refractivity contribution in [2.24, 2.45) is 0 Å². The number of benzene rings is 1. The summed E-state index contributed by atoms with van der Waals surface area (Å²) in [6, 6.07) is 8.13. The third-order valence-electron chi connectivity index (χ3n) is 4.98. The topological polar surface area (TPSA) is 68.0 Å². The molecule has 6 heteroatoms. The molecule has 1 aliphatic carbocycles. The lowest BCUT2D eigenvalue weighted by molar-refractivity contribution is -0.121. The summed E-state index contributed by atoms with van der Waals surface area (Å²) in [6.45, 7) is 1.92. The van der Waals surface area contributed by atoms with Gasteiger partial charge in [-0.15, -0.1) is 0 Å². The van der Waals surface area contributed by atoms with Crippen LogP contribution in [0.15, 0.2) is 40.0 Å². The zero-order valence-electron chi connectivity index (χ0n) is 14.9. The quantitative estimate of drug-likeness (QED) is 0.410. The molecule has 0 spiro atoms. The maximum absolute atomic E-state index is 12.6. The van der Waals surface area contributed by atoms with E-state index in [0.717, 1.165) is 34.4 Å². The van der Waals surface area contributed by atoms with Gasteiger partial charge in [0, 0.05) is 11.4 Å². The van der Waals surface area contributed by atoms with Gasteiger partial charge >= 0.3 is 0 Å². The van der Waals surface area contributed by atoms with Crippen LogP contribution in [-0.4, -0.2) is 27.2 Å². The fourth-order valence-electron chi connectivity index (χ4n) is 3.55. The number of carbonyl (C=O) groups excluding carboxylic acids is 1. The van der Waals surface area contributed by atoms with Gasteiger partial charge in [-0.25, -0.2) is 9.97 Å². The maximum atomic E-state index is 12.6. The van der Waals surface area contributed by atoms with E-state index in [1.807, 2.05) is 31.2 Å². The SMILES string of the molecule is C[C@@H](Sc1ncnc2c1oc1ccccc12)C(=O)NC1CCCCCC1. The van der Waals surface area contributed by atoms with Crippen molar-refractivity contribution in [3.63, 3.8) is 0 Å². The normalized spacial score (nSPS) is 17.3. The van der Waals surface area contributed by atoms with Crippen LogP contribution in [0.25, 0.3) is 22.1 Å². The molecule has 26 heavy (non-hydrogen) atoms. The molecule has 4 rings (SSSR count). The van der Waals surface area contributed by atoms with Gasteiger partial charge in [-0.3, -0.25) is 4.79 Å². The molecule has 1 N–H and O–H groups in total. The van der Waals surface area contributed by atoms with E-state index in [9.17, 15) is 4.79 Å². The van der Waals surface area contributed by atoms with Crippen LogP contribution in [0.1, 0.15) is 45.4 Å². The van der Waals surface area contributed by atoms with E-state index in [2.05, 4.69) is 15.3 Å². The lowest BCUT2D eigenvalue weighted by atomic mass is 10.1. The molecule has 0 saturated heterocycles. The van der Waals surface area contributed by atoms with Crippen LogP contribution in [-0.2, 0) is 4.79 Å². The van der Waals surface area contributed by atoms with Gasteiger partial charge < -0.3 is 9.73 Å². The van der Waals surface area contributed by atoms with Gasteiger partial charge in [-0.1, -0.05) is 49.6 Å². The molecule has 1 aromatic carbocycles.